The molecule has 0 bridgehead atoms. The molecule has 23 heavy (non-hydrogen) atoms. The average Bonchev–Trinajstić information content (AvgIpc) is 2.44. The van der Waals surface area contributed by atoms with Crippen molar-refractivity contribution in [1.82, 2.24) is 0 Å². The number of allylic oxidation sites excluding steroid dienone is 2. The zero-order valence-electron chi connectivity index (χ0n) is 13.6. The number of carbonyl (C=O) groups excluding carboxylic acids is 4. The van der Waals surface area contributed by atoms with Crippen LogP contribution < -0.4 is 0 Å². The Bertz CT molecular complexity index is 479. The largest absolute Gasteiger partial charge is 0.462 e. The highest BCUT2D eigenvalue weighted by Crippen LogP contribution is 2.10. The number of ether oxygens (including phenoxy) is 3. The van der Waals surface area contributed by atoms with Crippen LogP contribution in [0.3, 0.4) is 0 Å². The van der Waals surface area contributed by atoms with Gasteiger partial charge < -0.3 is 14.2 Å². The number of carbonyl (C=O) groups is 4. The van der Waals surface area contributed by atoms with Gasteiger partial charge in [0.25, 0.3) is 0 Å². The van der Waals surface area contributed by atoms with Crippen molar-refractivity contribution in [3.05, 3.63) is 24.8 Å². The van der Waals surface area contributed by atoms with Crippen LogP contribution in [0.5, 0.6) is 0 Å². The molecule has 0 saturated carbocycles. The summed E-state index contributed by atoms with van der Waals surface area (Å²) in [6, 6.07) is 0. The smallest absolute Gasteiger partial charge is 0.303 e. The van der Waals surface area contributed by atoms with Crippen LogP contribution >= 0.6 is 0 Å². The molecule has 0 radical (unpaired) electrons. The standard InChI is InChI=1S/C16H22O7/c1-5-6-7-14(20)8-9-15(22-12(3)18)16(23-13(4)19)10-21-11(2)17/h5,8-9,15-16H,1,6-7,10H2,2-4H3/b9-8+/t15-,16-/m0/s1. The summed E-state index contributed by atoms with van der Waals surface area (Å²) in [4.78, 5) is 44.9. The molecule has 0 aromatic heterocycles. The average molecular weight is 326 g/mol. The van der Waals surface area contributed by atoms with E-state index in [0.29, 0.717) is 6.42 Å². The molecule has 7 nitrogen and oxygen atoms in total. The van der Waals surface area contributed by atoms with Crippen molar-refractivity contribution < 1.29 is 33.4 Å². The molecule has 0 amide bonds. The molecule has 0 unspecified atom stereocenters. The third-order valence-electron chi connectivity index (χ3n) is 2.50. The molecule has 0 aromatic rings. The Morgan fingerprint density at radius 2 is 1.61 bits per heavy atom. The predicted octanol–water partition coefficient (Wildman–Crippen LogP) is 1.50. The van der Waals surface area contributed by atoms with Gasteiger partial charge in [0.05, 0.1) is 0 Å². The Hall–Kier alpha value is -2.44. The molecule has 0 heterocycles. The lowest BCUT2D eigenvalue weighted by molar-refractivity contribution is -0.169. The zero-order chi connectivity index (χ0) is 17.8. The van der Waals surface area contributed by atoms with Crippen molar-refractivity contribution in [2.75, 3.05) is 6.61 Å². The highest BCUT2D eigenvalue weighted by molar-refractivity contribution is 5.89. The lowest BCUT2D eigenvalue weighted by Crippen LogP contribution is -2.37. The van der Waals surface area contributed by atoms with Gasteiger partial charge in [-0.2, -0.15) is 0 Å². The highest BCUT2D eigenvalue weighted by atomic mass is 16.6. The molecule has 0 rings (SSSR count). The molecular formula is C16H22O7. The van der Waals surface area contributed by atoms with Crippen LogP contribution in [0.2, 0.25) is 0 Å². The molecule has 0 aliphatic carbocycles. The van der Waals surface area contributed by atoms with Gasteiger partial charge in [0, 0.05) is 27.2 Å². The molecule has 0 aromatic carbocycles. The fourth-order valence-electron chi connectivity index (χ4n) is 1.57. The third-order valence-corrected chi connectivity index (χ3v) is 2.50. The van der Waals surface area contributed by atoms with Crippen LogP contribution in [0.25, 0.3) is 0 Å². The Labute approximate surface area is 135 Å². The molecule has 0 aliphatic rings. The maximum absolute atomic E-state index is 11.6. The molecule has 128 valence electrons. The summed E-state index contributed by atoms with van der Waals surface area (Å²) in [5.41, 5.74) is 0. The van der Waals surface area contributed by atoms with Crippen LogP contribution in [0, 0.1) is 0 Å². The van der Waals surface area contributed by atoms with Gasteiger partial charge >= 0.3 is 17.9 Å². The van der Waals surface area contributed by atoms with E-state index in [1.807, 2.05) is 0 Å². The zero-order valence-corrected chi connectivity index (χ0v) is 13.6. The Morgan fingerprint density at radius 1 is 1.00 bits per heavy atom. The molecule has 0 aliphatic heterocycles. The topological polar surface area (TPSA) is 96.0 Å². The lowest BCUT2D eigenvalue weighted by Gasteiger charge is -2.23. The van der Waals surface area contributed by atoms with Crippen LogP contribution in [0.4, 0.5) is 0 Å². The van der Waals surface area contributed by atoms with Gasteiger partial charge in [-0.05, 0) is 18.6 Å². The second kappa shape index (κ2) is 11.2. The minimum atomic E-state index is -1.04. The number of rotatable bonds is 10. The summed E-state index contributed by atoms with van der Waals surface area (Å²) in [6.07, 6.45) is 2.85. The maximum Gasteiger partial charge on any atom is 0.303 e. The first-order valence-corrected chi connectivity index (χ1v) is 7.06. The molecule has 0 fully saturated rings. The molecular weight excluding hydrogens is 304 g/mol. The van der Waals surface area contributed by atoms with E-state index in [1.54, 1.807) is 6.08 Å². The number of hydrogen-bond donors (Lipinski definition) is 0. The summed E-state index contributed by atoms with van der Waals surface area (Å²) in [6.45, 7) is 6.77. The van der Waals surface area contributed by atoms with Crippen LogP contribution in [0.15, 0.2) is 24.8 Å². The van der Waals surface area contributed by atoms with E-state index in [9.17, 15) is 19.2 Å². The van der Waals surface area contributed by atoms with Crippen molar-refractivity contribution in [3.8, 4) is 0 Å². The van der Waals surface area contributed by atoms with E-state index in [4.69, 9.17) is 14.2 Å². The molecule has 0 saturated heterocycles. The van der Waals surface area contributed by atoms with Crippen molar-refractivity contribution >= 4 is 23.7 Å². The number of hydrogen-bond acceptors (Lipinski definition) is 7. The summed E-state index contributed by atoms with van der Waals surface area (Å²) >= 11 is 0. The van der Waals surface area contributed by atoms with Gasteiger partial charge in [-0.15, -0.1) is 6.58 Å². The summed E-state index contributed by atoms with van der Waals surface area (Å²) in [5.74, 6) is -2.03. The van der Waals surface area contributed by atoms with Crippen LogP contribution in [-0.4, -0.2) is 42.5 Å². The molecule has 2 atom stereocenters. The Kier molecular flexibility index (Phi) is 9.99. The monoisotopic (exact) mass is 326 g/mol. The maximum atomic E-state index is 11.6. The second-order valence-electron chi connectivity index (χ2n) is 4.68. The third kappa shape index (κ3) is 10.9. The SMILES string of the molecule is C=CCCC(=O)/C=C/[C@H](OC(C)=O)[C@H](COC(C)=O)OC(C)=O. The van der Waals surface area contributed by atoms with Crippen LogP contribution in [-0.2, 0) is 33.4 Å². The summed E-state index contributed by atoms with van der Waals surface area (Å²) in [7, 11) is 0. The first-order valence-electron chi connectivity index (χ1n) is 7.06. The minimum absolute atomic E-state index is 0.198. The van der Waals surface area contributed by atoms with Gasteiger partial charge in [-0.25, -0.2) is 0 Å². The van der Waals surface area contributed by atoms with E-state index >= 15 is 0 Å². The van der Waals surface area contributed by atoms with Crippen LogP contribution in [0.1, 0.15) is 33.6 Å². The molecule has 0 N–H and O–H groups in total. The van der Waals surface area contributed by atoms with Crippen molar-refractivity contribution in [2.24, 2.45) is 0 Å². The first kappa shape index (κ1) is 20.6. The fourth-order valence-corrected chi connectivity index (χ4v) is 1.57. The van der Waals surface area contributed by atoms with E-state index in [0.717, 1.165) is 0 Å². The summed E-state index contributed by atoms with van der Waals surface area (Å²) < 4.78 is 14.8. The number of esters is 3. The van der Waals surface area contributed by atoms with E-state index < -0.39 is 30.1 Å². The first-order chi connectivity index (χ1) is 10.8. The fraction of sp³-hybridized carbons (Fsp3) is 0.500. The van der Waals surface area contributed by atoms with E-state index in [1.165, 1.54) is 32.9 Å². The van der Waals surface area contributed by atoms with Crippen molar-refractivity contribution in [3.63, 3.8) is 0 Å². The van der Waals surface area contributed by atoms with Crippen molar-refractivity contribution in [2.45, 2.75) is 45.8 Å². The predicted molar refractivity (Wildman–Crippen MR) is 81.3 cm³/mol. The minimum Gasteiger partial charge on any atom is -0.462 e. The molecule has 7 heteroatoms. The van der Waals surface area contributed by atoms with Gasteiger partial charge in [0.15, 0.2) is 18.0 Å². The number of ketones is 1. The molecule has 0 spiro atoms. The van der Waals surface area contributed by atoms with Gasteiger partial charge in [-0.1, -0.05) is 6.08 Å². The quantitative estimate of drug-likeness (QED) is 0.260. The Balaban J connectivity index is 5.08. The normalized spacial score (nSPS) is 13.0. The van der Waals surface area contributed by atoms with Gasteiger partial charge in [0.1, 0.15) is 6.61 Å². The van der Waals surface area contributed by atoms with Crippen molar-refractivity contribution in [1.29, 1.82) is 0 Å². The van der Waals surface area contributed by atoms with E-state index in [-0.39, 0.29) is 18.8 Å². The van der Waals surface area contributed by atoms with Gasteiger partial charge in [-0.3, -0.25) is 19.2 Å². The lowest BCUT2D eigenvalue weighted by atomic mass is 10.1. The van der Waals surface area contributed by atoms with E-state index in [2.05, 4.69) is 6.58 Å². The second-order valence-corrected chi connectivity index (χ2v) is 4.68. The summed E-state index contributed by atoms with van der Waals surface area (Å²) in [5, 5.41) is 0. The van der Waals surface area contributed by atoms with Gasteiger partial charge in [0.2, 0.25) is 0 Å². The Morgan fingerprint density at radius 3 is 2.09 bits per heavy atom. The highest BCUT2D eigenvalue weighted by Gasteiger charge is 2.26.